The number of thioether (sulfide) groups is 1. The van der Waals surface area contributed by atoms with E-state index in [-0.39, 0.29) is 38.6 Å². The first-order valence-electron chi connectivity index (χ1n) is 3.17. The Bertz CT molecular complexity index is 137. The van der Waals surface area contributed by atoms with E-state index in [0.717, 1.165) is 18.2 Å². The van der Waals surface area contributed by atoms with Gasteiger partial charge in [0.25, 0.3) is 0 Å². The largest absolute Gasteiger partial charge is 0.348 e. The van der Waals surface area contributed by atoms with Crippen molar-refractivity contribution < 1.29 is 37.5 Å². The van der Waals surface area contributed by atoms with E-state index >= 15 is 0 Å². The third kappa shape index (κ3) is 3.40. The van der Waals surface area contributed by atoms with Crippen LogP contribution < -0.4 is 5.73 Å². The second kappa shape index (κ2) is 5.52. The molecule has 0 aliphatic carbocycles. The monoisotopic (exact) mass is 248 g/mol. The molecule has 0 bridgehead atoms. The summed E-state index contributed by atoms with van der Waals surface area (Å²) in [5.74, 6) is 1.77. The maximum atomic E-state index is 11.1. The van der Waals surface area contributed by atoms with Gasteiger partial charge in [-0.3, -0.25) is 4.79 Å². The Balaban J connectivity index is 0.000001000. The molecule has 0 aromatic heterocycles. The Morgan fingerprint density at radius 1 is 1.73 bits per heavy atom. The Hall–Kier alpha value is 0.884. The summed E-state index contributed by atoms with van der Waals surface area (Å²) in [5, 5.41) is 0. The van der Waals surface area contributed by atoms with E-state index < -0.39 is 6.04 Å². The van der Waals surface area contributed by atoms with Crippen LogP contribution in [0.4, 0.5) is 0 Å². The maximum absolute atomic E-state index is 11.1. The molecule has 61 valence electrons. The van der Waals surface area contributed by atoms with Gasteiger partial charge in [0.2, 0.25) is 5.91 Å². The van der Waals surface area contributed by atoms with Gasteiger partial charge in [-0.2, -0.15) is 0 Å². The first-order valence-corrected chi connectivity index (χ1v) is 4.32. The molecule has 0 aromatic rings. The molecule has 1 rings (SSSR count). The van der Waals surface area contributed by atoms with Crippen LogP contribution in [0.15, 0.2) is 0 Å². The van der Waals surface area contributed by atoms with Gasteiger partial charge in [-0.25, -0.2) is 0 Å². The first kappa shape index (κ1) is 11.9. The molecule has 1 saturated heterocycles. The Morgan fingerprint density at radius 2 is 2.36 bits per heavy atom. The van der Waals surface area contributed by atoms with E-state index in [4.69, 9.17) is 5.73 Å². The standard InChI is InChI=1S/C6H11N2OS.Y/c1-5(7)6(9)8-2-3-10-4-8;/h5H,1-4,7H2;/q-1;/t5-;/m0./s1. The quantitative estimate of drug-likeness (QED) is 0.647. The number of nitrogens with zero attached hydrogens (tertiary/aromatic N) is 1. The molecule has 1 aliphatic rings. The number of amides is 1. The Labute approximate surface area is 96.3 Å². The van der Waals surface area contributed by atoms with Crippen LogP contribution in [0, 0.1) is 6.92 Å². The topological polar surface area (TPSA) is 46.3 Å². The third-order valence-corrected chi connectivity index (χ3v) is 2.35. The van der Waals surface area contributed by atoms with Gasteiger partial charge in [0.1, 0.15) is 0 Å². The minimum atomic E-state index is -0.585. The van der Waals surface area contributed by atoms with Crippen molar-refractivity contribution >= 4 is 17.7 Å². The minimum absolute atomic E-state index is 0. The average Bonchev–Trinajstić information content (AvgIpc) is 2.36. The number of carbonyl (C=O) groups is 1. The van der Waals surface area contributed by atoms with E-state index in [1.165, 1.54) is 0 Å². The molecule has 1 heterocycles. The van der Waals surface area contributed by atoms with Crippen molar-refractivity contribution in [2.24, 2.45) is 5.73 Å². The number of hydrogen-bond donors (Lipinski definition) is 1. The fourth-order valence-corrected chi connectivity index (χ4v) is 1.78. The molecule has 1 aliphatic heterocycles. The smallest absolute Gasteiger partial charge is 0.209 e. The summed E-state index contributed by atoms with van der Waals surface area (Å²) in [6, 6.07) is -0.585. The molecular formula is C6H11N2OSY-. The van der Waals surface area contributed by atoms with Gasteiger partial charge in [-0.1, -0.05) is 0 Å². The summed E-state index contributed by atoms with van der Waals surface area (Å²) in [5.41, 5.74) is 5.30. The minimum Gasteiger partial charge on any atom is -0.348 e. The molecule has 11 heavy (non-hydrogen) atoms. The van der Waals surface area contributed by atoms with E-state index in [1.807, 2.05) is 0 Å². The SMILES string of the molecule is [CH2-][C@H](N)C(=O)N1CCSC1.[Y]. The summed E-state index contributed by atoms with van der Waals surface area (Å²) in [6.45, 7) is 4.29. The zero-order chi connectivity index (χ0) is 7.56. The number of rotatable bonds is 1. The van der Waals surface area contributed by atoms with E-state index in [9.17, 15) is 4.79 Å². The average molecular weight is 248 g/mol. The predicted octanol–water partition coefficient (Wildman–Crippen LogP) is -0.322. The van der Waals surface area contributed by atoms with Crippen LogP contribution in [-0.4, -0.2) is 35.0 Å². The maximum Gasteiger partial charge on any atom is 0.209 e. The van der Waals surface area contributed by atoms with Crippen LogP contribution in [0.5, 0.6) is 0 Å². The molecule has 0 saturated carbocycles. The second-order valence-electron chi connectivity index (χ2n) is 2.25. The summed E-state index contributed by atoms with van der Waals surface area (Å²) in [7, 11) is 0. The summed E-state index contributed by atoms with van der Waals surface area (Å²) in [6.07, 6.45) is 0. The second-order valence-corrected chi connectivity index (χ2v) is 3.32. The van der Waals surface area contributed by atoms with Crippen LogP contribution in [-0.2, 0) is 37.5 Å². The summed E-state index contributed by atoms with van der Waals surface area (Å²) < 4.78 is 0. The van der Waals surface area contributed by atoms with Gasteiger partial charge < -0.3 is 17.6 Å². The Kier molecular flexibility index (Phi) is 5.96. The van der Waals surface area contributed by atoms with Crippen molar-refractivity contribution in [1.29, 1.82) is 0 Å². The molecule has 1 amide bonds. The molecule has 5 heteroatoms. The van der Waals surface area contributed by atoms with E-state index in [0.29, 0.717) is 0 Å². The molecule has 0 aromatic carbocycles. The first-order chi connectivity index (χ1) is 4.72. The number of nitrogens with two attached hydrogens (primary N) is 1. The van der Waals surface area contributed by atoms with Crippen molar-refractivity contribution in [3.05, 3.63) is 6.92 Å². The Morgan fingerprint density at radius 3 is 2.73 bits per heavy atom. The van der Waals surface area contributed by atoms with Gasteiger partial charge in [-0.05, 0) is 6.04 Å². The third-order valence-electron chi connectivity index (χ3n) is 1.38. The molecule has 0 spiro atoms. The van der Waals surface area contributed by atoms with Crippen molar-refractivity contribution in [2.45, 2.75) is 6.04 Å². The zero-order valence-corrected chi connectivity index (χ0v) is 9.98. The molecule has 2 N–H and O–H groups in total. The number of hydrogen-bond acceptors (Lipinski definition) is 3. The van der Waals surface area contributed by atoms with Gasteiger partial charge in [0, 0.05) is 45.0 Å². The van der Waals surface area contributed by atoms with Crippen LogP contribution in [0.25, 0.3) is 0 Å². The van der Waals surface area contributed by atoms with E-state index in [1.54, 1.807) is 16.7 Å². The van der Waals surface area contributed by atoms with Crippen molar-refractivity contribution in [3.8, 4) is 0 Å². The molecular weight excluding hydrogens is 237 g/mol. The molecule has 1 radical (unpaired) electrons. The van der Waals surface area contributed by atoms with Gasteiger partial charge in [0.15, 0.2) is 0 Å². The van der Waals surface area contributed by atoms with Crippen molar-refractivity contribution in [2.75, 3.05) is 18.2 Å². The van der Waals surface area contributed by atoms with Crippen LogP contribution in [0.2, 0.25) is 0 Å². The zero-order valence-electron chi connectivity index (χ0n) is 6.32. The van der Waals surface area contributed by atoms with Gasteiger partial charge in [-0.15, -0.1) is 11.8 Å². The molecule has 0 unspecified atom stereocenters. The molecule has 1 atom stereocenters. The normalized spacial score (nSPS) is 19.3. The van der Waals surface area contributed by atoms with Crippen molar-refractivity contribution in [1.82, 2.24) is 4.90 Å². The molecule has 3 nitrogen and oxygen atoms in total. The fourth-order valence-electron chi connectivity index (χ4n) is 0.822. The predicted molar refractivity (Wildman–Crippen MR) is 42.4 cm³/mol. The molecule has 1 fully saturated rings. The van der Waals surface area contributed by atoms with Gasteiger partial charge in [0.05, 0.1) is 5.88 Å². The number of carbonyl (C=O) groups excluding carboxylic acids is 1. The van der Waals surface area contributed by atoms with Gasteiger partial charge >= 0.3 is 0 Å². The van der Waals surface area contributed by atoms with E-state index in [2.05, 4.69) is 6.92 Å². The van der Waals surface area contributed by atoms with Crippen molar-refractivity contribution in [3.63, 3.8) is 0 Å². The summed E-state index contributed by atoms with van der Waals surface area (Å²) in [4.78, 5) is 12.8. The fraction of sp³-hybridized carbons (Fsp3) is 0.667. The van der Waals surface area contributed by atoms with Crippen LogP contribution >= 0.6 is 11.8 Å². The summed E-state index contributed by atoms with van der Waals surface area (Å²) >= 11 is 1.75. The van der Waals surface area contributed by atoms with Crippen LogP contribution in [0.1, 0.15) is 0 Å². The van der Waals surface area contributed by atoms with Crippen LogP contribution in [0.3, 0.4) is 0 Å².